The van der Waals surface area contributed by atoms with Crippen LogP contribution in [0.3, 0.4) is 0 Å². The fourth-order valence-corrected chi connectivity index (χ4v) is 3.77. The number of hydrogen-bond donors (Lipinski definition) is 2. The van der Waals surface area contributed by atoms with Crippen LogP contribution in [0.5, 0.6) is 0 Å². The van der Waals surface area contributed by atoms with Crippen molar-refractivity contribution >= 4 is 22.5 Å². The summed E-state index contributed by atoms with van der Waals surface area (Å²) in [6.07, 6.45) is 2.55. The Labute approximate surface area is 176 Å². The molecule has 31 heavy (non-hydrogen) atoms. The minimum absolute atomic E-state index is 0.179. The van der Waals surface area contributed by atoms with Gasteiger partial charge in [0.1, 0.15) is 12.0 Å². The van der Waals surface area contributed by atoms with Crippen LogP contribution in [0.1, 0.15) is 16.1 Å². The van der Waals surface area contributed by atoms with Gasteiger partial charge in [-0.05, 0) is 23.8 Å². The van der Waals surface area contributed by atoms with E-state index in [4.69, 9.17) is 0 Å². The molecule has 3 heterocycles. The molecule has 0 radical (unpaired) electrons. The van der Waals surface area contributed by atoms with Gasteiger partial charge in [-0.25, -0.2) is 8.78 Å². The van der Waals surface area contributed by atoms with Crippen molar-refractivity contribution in [3.63, 3.8) is 0 Å². The van der Waals surface area contributed by atoms with Crippen molar-refractivity contribution in [1.82, 2.24) is 24.9 Å². The van der Waals surface area contributed by atoms with Crippen molar-refractivity contribution in [2.75, 3.05) is 18.4 Å². The molecule has 2 aromatic heterocycles. The van der Waals surface area contributed by atoms with Crippen LogP contribution < -0.4 is 5.32 Å². The van der Waals surface area contributed by atoms with Crippen LogP contribution in [-0.2, 0) is 13.6 Å². The molecule has 1 aliphatic rings. The first-order valence-electron chi connectivity index (χ1n) is 9.89. The highest BCUT2D eigenvalue weighted by Gasteiger charge is 2.25. The predicted molar refractivity (Wildman–Crippen MR) is 113 cm³/mol. The standard InChI is InChI=1S/C22H20F2N6O/c1-29-10-14(8-25-29)17-6-18-20(7-19(17)24)27-28-21(18)22(31)26-16-4-2-13(3-5-16)9-30-11-15(23)12-30/h2-8,10,15H,9,11-12H2,1H3,(H,26,31)(H,27,28). The van der Waals surface area contributed by atoms with Crippen LogP contribution in [0.25, 0.3) is 22.0 Å². The van der Waals surface area contributed by atoms with E-state index in [1.807, 2.05) is 17.0 Å². The van der Waals surface area contributed by atoms with Crippen LogP contribution >= 0.6 is 0 Å². The van der Waals surface area contributed by atoms with Crippen LogP contribution in [0.2, 0.25) is 0 Å². The fraction of sp³-hybridized carbons (Fsp3) is 0.227. The summed E-state index contributed by atoms with van der Waals surface area (Å²) in [6, 6.07) is 10.3. The quantitative estimate of drug-likeness (QED) is 0.516. The second kappa shape index (κ2) is 7.59. The lowest BCUT2D eigenvalue weighted by molar-refractivity contribution is 0.0591. The first-order chi connectivity index (χ1) is 15.0. The number of amides is 1. The molecular weight excluding hydrogens is 402 g/mol. The Balaban J connectivity index is 1.36. The number of carbonyl (C=O) groups excluding carboxylic acids is 1. The van der Waals surface area contributed by atoms with E-state index >= 15 is 0 Å². The summed E-state index contributed by atoms with van der Waals surface area (Å²) in [6.45, 7) is 1.61. The smallest absolute Gasteiger partial charge is 0.276 e. The van der Waals surface area contributed by atoms with E-state index in [2.05, 4.69) is 20.6 Å². The number of likely N-dealkylation sites (tertiary alicyclic amines) is 1. The van der Waals surface area contributed by atoms with E-state index < -0.39 is 17.9 Å². The molecule has 5 rings (SSSR count). The number of benzene rings is 2. The largest absolute Gasteiger partial charge is 0.321 e. The summed E-state index contributed by atoms with van der Waals surface area (Å²) >= 11 is 0. The monoisotopic (exact) mass is 422 g/mol. The molecule has 1 amide bonds. The van der Waals surface area contributed by atoms with E-state index in [1.54, 1.807) is 42.3 Å². The highest BCUT2D eigenvalue weighted by molar-refractivity contribution is 6.11. The summed E-state index contributed by atoms with van der Waals surface area (Å²) < 4.78 is 29.1. The normalized spacial score (nSPS) is 14.7. The number of H-pyrrole nitrogens is 1. The van der Waals surface area contributed by atoms with Crippen molar-refractivity contribution in [2.45, 2.75) is 12.7 Å². The van der Waals surface area contributed by atoms with Gasteiger partial charge in [-0.15, -0.1) is 0 Å². The van der Waals surface area contributed by atoms with Crippen molar-refractivity contribution in [2.24, 2.45) is 7.05 Å². The first kappa shape index (κ1) is 19.4. The van der Waals surface area contributed by atoms with Gasteiger partial charge in [-0.3, -0.25) is 19.5 Å². The second-order valence-electron chi connectivity index (χ2n) is 7.79. The molecule has 0 spiro atoms. The van der Waals surface area contributed by atoms with Crippen molar-refractivity contribution < 1.29 is 13.6 Å². The number of aryl methyl sites for hydroxylation is 1. The van der Waals surface area contributed by atoms with E-state index in [1.165, 1.54) is 6.07 Å². The zero-order chi connectivity index (χ0) is 21.5. The van der Waals surface area contributed by atoms with Crippen LogP contribution in [0.15, 0.2) is 48.8 Å². The Morgan fingerprint density at radius 2 is 2.03 bits per heavy atom. The summed E-state index contributed by atoms with van der Waals surface area (Å²) in [5, 5.41) is 14.2. The average Bonchev–Trinajstić information content (AvgIpc) is 3.33. The molecule has 1 saturated heterocycles. The zero-order valence-corrected chi connectivity index (χ0v) is 16.8. The highest BCUT2D eigenvalue weighted by Crippen LogP contribution is 2.28. The molecule has 7 nitrogen and oxygen atoms in total. The Morgan fingerprint density at radius 3 is 2.71 bits per heavy atom. The van der Waals surface area contributed by atoms with Gasteiger partial charge in [0.2, 0.25) is 0 Å². The number of anilines is 1. The van der Waals surface area contributed by atoms with E-state index in [0.717, 1.165) is 5.56 Å². The van der Waals surface area contributed by atoms with Gasteiger partial charge in [0.25, 0.3) is 5.91 Å². The van der Waals surface area contributed by atoms with E-state index in [0.29, 0.717) is 47.4 Å². The topological polar surface area (TPSA) is 78.8 Å². The van der Waals surface area contributed by atoms with E-state index in [9.17, 15) is 13.6 Å². The minimum Gasteiger partial charge on any atom is -0.321 e. The lowest BCUT2D eigenvalue weighted by atomic mass is 10.0. The Bertz CT molecular complexity index is 1260. The molecule has 4 aromatic rings. The molecule has 0 bridgehead atoms. The molecule has 9 heteroatoms. The average molecular weight is 422 g/mol. The summed E-state index contributed by atoms with van der Waals surface area (Å²) in [7, 11) is 1.75. The fourth-order valence-electron chi connectivity index (χ4n) is 3.77. The maximum Gasteiger partial charge on any atom is 0.276 e. The number of alkyl halides is 1. The van der Waals surface area contributed by atoms with Gasteiger partial charge in [-0.1, -0.05) is 12.1 Å². The van der Waals surface area contributed by atoms with Crippen LogP contribution in [-0.4, -0.2) is 50.0 Å². The van der Waals surface area contributed by atoms with E-state index in [-0.39, 0.29) is 5.69 Å². The van der Waals surface area contributed by atoms with Gasteiger partial charge >= 0.3 is 0 Å². The highest BCUT2D eigenvalue weighted by atomic mass is 19.1. The van der Waals surface area contributed by atoms with Crippen LogP contribution in [0.4, 0.5) is 14.5 Å². The molecule has 2 aromatic carbocycles. The summed E-state index contributed by atoms with van der Waals surface area (Å²) in [4.78, 5) is 14.8. The lowest BCUT2D eigenvalue weighted by Crippen LogP contribution is -2.47. The maximum absolute atomic E-state index is 14.5. The zero-order valence-electron chi connectivity index (χ0n) is 16.8. The number of halogens is 2. The molecular formula is C22H20F2N6O. The first-order valence-corrected chi connectivity index (χ1v) is 9.89. The second-order valence-corrected chi connectivity index (χ2v) is 7.79. The number of nitrogens with zero attached hydrogens (tertiary/aromatic N) is 4. The molecule has 0 unspecified atom stereocenters. The molecule has 158 valence electrons. The Kier molecular flexibility index (Phi) is 4.74. The van der Waals surface area contributed by atoms with Crippen molar-refractivity contribution in [1.29, 1.82) is 0 Å². The lowest BCUT2D eigenvalue weighted by Gasteiger charge is -2.34. The number of hydrogen-bond acceptors (Lipinski definition) is 4. The Morgan fingerprint density at radius 1 is 1.26 bits per heavy atom. The predicted octanol–water partition coefficient (Wildman–Crippen LogP) is 3.51. The van der Waals surface area contributed by atoms with Crippen molar-refractivity contribution in [3.05, 3.63) is 65.9 Å². The third-order valence-electron chi connectivity index (χ3n) is 5.41. The molecule has 1 aliphatic heterocycles. The van der Waals surface area contributed by atoms with Crippen LogP contribution in [0, 0.1) is 5.82 Å². The van der Waals surface area contributed by atoms with Gasteiger partial charge < -0.3 is 5.32 Å². The summed E-state index contributed by atoms with van der Waals surface area (Å²) in [5.41, 5.74) is 3.25. The SMILES string of the molecule is Cn1cc(-c2cc3c(C(=O)Nc4ccc(CN5CC(F)C5)cc4)n[nH]c3cc2F)cn1. The number of rotatable bonds is 5. The number of aromatic amines is 1. The molecule has 1 fully saturated rings. The molecule has 0 aliphatic carbocycles. The third kappa shape index (κ3) is 3.79. The van der Waals surface area contributed by atoms with Gasteiger partial charge in [0, 0.05) is 61.1 Å². The molecule has 0 saturated carbocycles. The number of nitrogens with one attached hydrogen (secondary N) is 2. The number of fused-ring (bicyclic) bond motifs is 1. The number of aromatic nitrogens is 4. The van der Waals surface area contributed by atoms with Gasteiger partial charge in [-0.2, -0.15) is 10.2 Å². The minimum atomic E-state index is -0.727. The summed E-state index contributed by atoms with van der Waals surface area (Å²) in [5.74, 6) is -0.821. The Hall–Kier alpha value is -3.59. The molecule has 0 atom stereocenters. The molecule has 2 N–H and O–H groups in total. The van der Waals surface area contributed by atoms with Crippen molar-refractivity contribution in [3.8, 4) is 11.1 Å². The maximum atomic E-state index is 14.5. The number of carbonyl (C=O) groups is 1. The van der Waals surface area contributed by atoms with Gasteiger partial charge in [0.15, 0.2) is 5.69 Å². The third-order valence-corrected chi connectivity index (χ3v) is 5.41. The van der Waals surface area contributed by atoms with Gasteiger partial charge in [0.05, 0.1) is 11.7 Å².